The molecule has 0 radical (unpaired) electrons. The highest BCUT2D eigenvalue weighted by Gasteiger charge is 2.41. The fraction of sp³-hybridized carbons (Fsp3) is 0.120. The standard InChI is InChI=1S/C25H18F5IN4O3/c1-31-24(26,27)21(16-5-3-2-4-6-16)37-23(36)33-18-9-7-17(8-10-18)22-32-15-35(34-22)19-11-13-20(14-12-19)38-25(28,29)30/h2-15,21H,1H2,(H,33,36)/t21-/m0/s1. The van der Waals surface area contributed by atoms with Gasteiger partial charge in [-0.3, -0.25) is 5.32 Å². The first-order valence-corrected chi connectivity index (χ1v) is 13.3. The van der Waals surface area contributed by atoms with Gasteiger partial charge in [0.2, 0.25) is 6.10 Å². The summed E-state index contributed by atoms with van der Waals surface area (Å²) in [5.74, 6) is -0.0621. The minimum Gasteiger partial charge on any atom is -0.434 e. The number of carbonyl (C=O) groups is 1. The van der Waals surface area contributed by atoms with Crippen molar-refractivity contribution in [3.05, 3.63) is 90.8 Å². The number of nitrogens with zero attached hydrogens (tertiary/aromatic N) is 3. The molecule has 1 atom stereocenters. The predicted molar refractivity (Wildman–Crippen MR) is 139 cm³/mol. The molecule has 4 aromatic rings. The molecule has 0 spiro atoms. The van der Waals surface area contributed by atoms with E-state index in [1.54, 1.807) is 30.3 Å². The zero-order chi connectivity index (χ0) is 27.3. The Labute approximate surface area is 223 Å². The lowest BCUT2D eigenvalue weighted by Gasteiger charge is -2.24. The number of hydrogen-bond donors (Lipinski definition) is 1. The Morgan fingerprint density at radius 1 is 0.947 bits per heavy atom. The van der Waals surface area contributed by atoms with Crippen LogP contribution in [0.4, 0.5) is 32.4 Å². The van der Waals surface area contributed by atoms with Gasteiger partial charge in [0.1, 0.15) is 12.1 Å². The molecule has 198 valence electrons. The quantitative estimate of drug-likeness (QED) is 0.126. The van der Waals surface area contributed by atoms with E-state index in [9.17, 15) is 26.7 Å². The molecule has 0 saturated carbocycles. The second-order valence-corrected chi connectivity index (χ2v) is 9.83. The SMILES string of the molecule is C=IC(F)(F)[C@@H](OC(=O)Nc1ccc(-c2ncn(-c3ccc(OC(F)(F)F)cc3)n2)cc1)c1ccccc1. The number of benzene rings is 3. The van der Waals surface area contributed by atoms with E-state index in [2.05, 4.69) is 24.7 Å². The Morgan fingerprint density at radius 2 is 1.61 bits per heavy atom. The molecule has 3 aromatic carbocycles. The van der Waals surface area contributed by atoms with Crippen molar-refractivity contribution in [3.8, 4) is 22.8 Å². The number of hydrogen-bond acceptors (Lipinski definition) is 5. The monoisotopic (exact) mass is 644 g/mol. The van der Waals surface area contributed by atoms with Gasteiger partial charge in [-0.05, 0) is 74.8 Å². The lowest BCUT2D eigenvalue weighted by Crippen LogP contribution is -2.27. The first-order valence-electron chi connectivity index (χ1n) is 10.7. The van der Waals surface area contributed by atoms with Gasteiger partial charge in [0.25, 0.3) is 0 Å². The molecule has 0 bridgehead atoms. The average Bonchev–Trinajstić information content (AvgIpc) is 3.38. The molecule has 1 heterocycles. The summed E-state index contributed by atoms with van der Waals surface area (Å²) >= 11 is -1.81. The predicted octanol–water partition coefficient (Wildman–Crippen LogP) is 7.12. The van der Waals surface area contributed by atoms with Crippen molar-refractivity contribution in [2.45, 2.75) is 16.4 Å². The molecule has 0 aliphatic heterocycles. The molecule has 1 aromatic heterocycles. The summed E-state index contributed by atoms with van der Waals surface area (Å²) < 4.78 is 76.3. The molecule has 0 aliphatic rings. The first-order chi connectivity index (χ1) is 18.0. The molecular weight excluding hydrogens is 626 g/mol. The molecule has 0 saturated heterocycles. The summed E-state index contributed by atoms with van der Waals surface area (Å²) in [5.41, 5.74) is 1.47. The minimum atomic E-state index is -4.79. The number of aromatic nitrogens is 3. The van der Waals surface area contributed by atoms with Crippen LogP contribution < -0.4 is 10.1 Å². The fourth-order valence-electron chi connectivity index (χ4n) is 3.30. The molecular formula is C25H18F5IN4O3. The van der Waals surface area contributed by atoms with Gasteiger partial charge in [0, 0.05) is 11.3 Å². The van der Waals surface area contributed by atoms with Gasteiger partial charge in [-0.25, -0.2) is 14.5 Å². The number of nitrogens with one attached hydrogen (secondary N) is 1. The largest absolute Gasteiger partial charge is 0.573 e. The zero-order valence-corrected chi connectivity index (χ0v) is 21.4. The van der Waals surface area contributed by atoms with Gasteiger partial charge in [0.05, 0.1) is 5.69 Å². The third kappa shape index (κ3) is 6.90. The van der Waals surface area contributed by atoms with Crippen LogP contribution in [0.3, 0.4) is 0 Å². The molecule has 1 N–H and O–H groups in total. The van der Waals surface area contributed by atoms with E-state index in [4.69, 9.17) is 4.74 Å². The Balaban J connectivity index is 1.42. The van der Waals surface area contributed by atoms with Crippen LogP contribution in [0.5, 0.6) is 5.75 Å². The van der Waals surface area contributed by atoms with E-state index in [0.717, 1.165) is 12.1 Å². The normalized spacial score (nSPS) is 12.6. The number of ether oxygens (including phenoxy) is 2. The lowest BCUT2D eigenvalue weighted by atomic mass is 10.1. The lowest BCUT2D eigenvalue weighted by molar-refractivity contribution is -0.274. The summed E-state index contributed by atoms with van der Waals surface area (Å²) in [5, 5.41) is 6.73. The highest BCUT2D eigenvalue weighted by molar-refractivity contribution is 14.2. The number of anilines is 1. The van der Waals surface area contributed by atoms with E-state index in [-0.39, 0.29) is 17.0 Å². The van der Waals surface area contributed by atoms with Crippen molar-refractivity contribution in [3.63, 3.8) is 0 Å². The Morgan fingerprint density at radius 3 is 2.21 bits per heavy atom. The van der Waals surface area contributed by atoms with Gasteiger partial charge in [-0.1, -0.05) is 34.8 Å². The maximum Gasteiger partial charge on any atom is 0.573 e. The van der Waals surface area contributed by atoms with Crippen LogP contribution in [-0.2, 0) is 4.74 Å². The van der Waals surface area contributed by atoms with Crippen molar-refractivity contribution in [2.75, 3.05) is 5.32 Å². The molecule has 4 rings (SSSR count). The van der Waals surface area contributed by atoms with Crippen molar-refractivity contribution in [2.24, 2.45) is 0 Å². The smallest absolute Gasteiger partial charge is 0.434 e. The minimum absolute atomic E-state index is 0.163. The van der Waals surface area contributed by atoms with Crippen LogP contribution in [-0.4, -0.2) is 35.7 Å². The van der Waals surface area contributed by atoms with Gasteiger partial charge in [-0.2, -0.15) is 8.78 Å². The second kappa shape index (κ2) is 11.2. The van der Waals surface area contributed by atoms with Crippen LogP contribution in [0.1, 0.15) is 11.7 Å². The van der Waals surface area contributed by atoms with E-state index in [1.165, 1.54) is 47.4 Å². The van der Waals surface area contributed by atoms with Crippen molar-refractivity contribution in [1.82, 2.24) is 14.8 Å². The molecule has 13 heteroatoms. The third-order valence-electron chi connectivity index (χ3n) is 5.02. The zero-order valence-electron chi connectivity index (χ0n) is 19.2. The third-order valence-corrected chi connectivity index (χ3v) is 6.60. The van der Waals surface area contributed by atoms with E-state index in [0.29, 0.717) is 17.1 Å². The summed E-state index contributed by atoms with van der Waals surface area (Å²) in [6.07, 6.45) is -6.23. The topological polar surface area (TPSA) is 78.3 Å². The number of alkyl halides is 6. The Kier molecular flexibility index (Phi) is 8.04. The summed E-state index contributed by atoms with van der Waals surface area (Å²) in [6.45, 7) is 0. The first kappa shape index (κ1) is 27.2. The van der Waals surface area contributed by atoms with Crippen molar-refractivity contribution in [1.29, 1.82) is 0 Å². The second-order valence-electron chi connectivity index (χ2n) is 7.63. The van der Waals surface area contributed by atoms with Crippen LogP contribution >= 0.6 is 20.7 Å². The highest BCUT2D eigenvalue weighted by atomic mass is 127. The highest BCUT2D eigenvalue weighted by Crippen LogP contribution is 2.42. The van der Waals surface area contributed by atoms with Crippen LogP contribution in [0.25, 0.3) is 17.1 Å². The van der Waals surface area contributed by atoms with E-state index >= 15 is 0 Å². The average molecular weight is 644 g/mol. The molecule has 38 heavy (non-hydrogen) atoms. The summed E-state index contributed by atoms with van der Waals surface area (Å²) in [7, 11) is 0. The van der Waals surface area contributed by atoms with Crippen LogP contribution in [0, 0.1) is 0 Å². The number of halogens is 6. The fourth-order valence-corrected chi connectivity index (χ4v) is 4.19. The number of carbonyl (C=O) groups excluding carboxylic acids is 1. The maximum absolute atomic E-state index is 14.5. The Bertz CT molecular complexity index is 1400. The van der Waals surface area contributed by atoms with Gasteiger partial charge >= 0.3 is 16.4 Å². The van der Waals surface area contributed by atoms with E-state index < -0.39 is 43.2 Å². The molecule has 1 amide bonds. The molecule has 0 unspecified atom stereocenters. The summed E-state index contributed by atoms with van der Waals surface area (Å²) in [4.78, 5) is 16.6. The molecule has 0 aliphatic carbocycles. The van der Waals surface area contributed by atoms with Crippen molar-refractivity contribution < 1.29 is 36.2 Å². The molecule has 0 fully saturated rings. The van der Waals surface area contributed by atoms with Crippen LogP contribution in [0.2, 0.25) is 0 Å². The van der Waals surface area contributed by atoms with Gasteiger partial charge < -0.3 is 9.47 Å². The summed E-state index contributed by atoms with van der Waals surface area (Å²) in [6, 6.07) is 19.0. The Hall–Kier alpha value is -3.88. The van der Waals surface area contributed by atoms with Crippen molar-refractivity contribution >= 4 is 37.0 Å². The van der Waals surface area contributed by atoms with Gasteiger partial charge in [0.15, 0.2) is 5.82 Å². The number of amides is 1. The van der Waals surface area contributed by atoms with E-state index in [1.807, 2.05) is 0 Å². The molecule has 7 nitrogen and oxygen atoms in total. The van der Waals surface area contributed by atoms with Gasteiger partial charge in [-0.15, -0.1) is 18.3 Å². The van der Waals surface area contributed by atoms with Crippen LogP contribution in [0.15, 0.2) is 85.2 Å². The maximum atomic E-state index is 14.5. The number of rotatable bonds is 8.